The summed E-state index contributed by atoms with van der Waals surface area (Å²) in [5.74, 6) is -1.90. The lowest BCUT2D eigenvalue weighted by atomic mass is 10.0. The van der Waals surface area contributed by atoms with Gasteiger partial charge in [-0.25, -0.2) is 0 Å². The lowest BCUT2D eigenvalue weighted by Gasteiger charge is -2.18. The second-order valence-electron chi connectivity index (χ2n) is 3.02. The van der Waals surface area contributed by atoms with Crippen molar-refractivity contribution in [2.75, 3.05) is 0 Å². The zero-order chi connectivity index (χ0) is 12.3. The zero-order valence-electron chi connectivity index (χ0n) is 7.94. The summed E-state index contributed by atoms with van der Waals surface area (Å²) in [6.07, 6.45) is -4.10. The molecule has 0 amide bonds. The first-order valence-corrected chi connectivity index (χ1v) is 4.25. The molecule has 7 heteroatoms. The van der Waals surface area contributed by atoms with Crippen LogP contribution in [0.5, 0.6) is 0 Å². The van der Waals surface area contributed by atoms with Crippen molar-refractivity contribution in [2.24, 2.45) is 0 Å². The van der Waals surface area contributed by atoms with Crippen LogP contribution in [0.2, 0.25) is 0 Å². The first-order chi connectivity index (χ1) is 7.45. The number of hydrogen-bond donors (Lipinski definition) is 2. The summed E-state index contributed by atoms with van der Waals surface area (Å²) in [4.78, 5) is 20.1. The average Bonchev–Trinajstić information content (AvgIpc) is 2.26. The van der Waals surface area contributed by atoms with E-state index in [0.717, 1.165) is 12.1 Å². The number of carboxylic acid groups (broad SMARTS) is 1. The summed E-state index contributed by atoms with van der Waals surface area (Å²) in [6.45, 7) is 0. The van der Waals surface area contributed by atoms with Gasteiger partial charge in [0.15, 0.2) is 0 Å². The highest BCUT2D eigenvalue weighted by atomic mass is 16.6. The maximum absolute atomic E-state index is 10.6. The van der Waals surface area contributed by atoms with Crippen LogP contribution in [0, 0.1) is 10.1 Å². The molecule has 0 aliphatic rings. The Bertz CT molecular complexity index is 418. The van der Waals surface area contributed by atoms with Gasteiger partial charge in [0.1, 0.15) is 12.2 Å². The van der Waals surface area contributed by atoms with Gasteiger partial charge in [-0.3, -0.25) is 10.1 Å². The summed E-state index contributed by atoms with van der Waals surface area (Å²) < 4.78 is 0. The van der Waals surface area contributed by atoms with Crippen LogP contribution in [0.25, 0.3) is 0 Å². The Hall–Kier alpha value is -1.99. The number of nitro benzene ring substituents is 1. The number of para-hydroxylation sites is 1. The van der Waals surface area contributed by atoms with Crippen molar-refractivity contribution in [3.8, 4) is 0 Å². The molecule has 0 aliphatic carbocycles. The molecule has 0 heterocycles. The SMILES string of the molecule is O=C([O-])C(O)C(O)c1ccccc1[N+](=O)[O-]. The van der Waals surface area contributed by atoms with Crippen molar-refractivity contribution in [3.05, 3.63) is 39.9 Å². The monoisotopic (exact) mass is 226 g/mol. The Labute approximate surface area is 89.7 Å². The molecule has 0 saturated heterocycles. The van der Waals surface area contributed by atoms with Gasteiger partial charge in [0.05, 0.1) is 16.5 Å². The van der Waals surface area contributed by atoms with Gasteiger partial charge >= 0.3 is 0 Å². The largest absolute Gasteiger partial charge is 0.547 e. The van der Waals surface area contributed by atoms with Gasteiger partial charge in [0, 0.05) is 6.07 Å². The van der Waals surface area contributed by atoms with Crippen molar-refractivity contribution < 1.29 is 25.0 Å². The van der Waals surface area contributed by atoms with Gasteiger partial charge in [-0.2, -0.15) is 0 Å². The van der Waals surface area contributed by atoms with Gasteiger partial charge in [-0.1, -0.05) is 12.1 Å². The summed E-state index contributed by atoms with van der Waals surface area (Å²) in [5.41, 5.74) is -0.737. The number of rotatable bonds is 4. The molecule has 1 aromatic carbocycles. The minimum atomic E-state index is -2.21. The predicted molar refractivity (Wildman–Crippen MR) is 49.1 cm³/mol. The minimum absolute atomic E-state index is 0.274. The second kappa shape index (κ2) is 4.69. The summed E-state index contributed by atoms with van der Waals surface area (Å²) >= 11 is 0. The van der Waals surface area contributed by atoms with Crippen molar-refractivity contribution in [1.29, 1.82) is 0 Å². The van der Waals surface area contributed by atoms with Crippen LogP contribution in [0.4, 0.5) is 5.69 Å². The Morgan fingerprint density at radius 1 is 1.31 bits per heavy atom. The summed E-state index contributed by atoms with van der Waals surface area (Å²) in [6, 6.07) is 5.00. The molecule has 7 nitrogen and oxygen atoms in total. The fourth-order valence-electron chi connectivity index (χ4n) is 1.20. The van der Waals surface area contributed by atoms with E-state index in [4.69, 9.17) is 5.11 Å². The number of nitro groups is 1. The number of aliphatic hydroxyl groups excluding tert-OH is 2. The van der Waals surface area contributed by atoms with E-state index in [2.05, 4.69) is 0 Å². The molecule has 0 spiro atoms. The van der Waals surface area contributed by atoms with E-state index in [0.29, 0.717) is 0 Å². The molecule has 2 unspecified atom stereocenters. The molecular weight excluding hydrogens is 218 g/mol. The van der Waals surface area contributed by atoms with Crippen LogP contribution in [0.3, 0.4) is 0 Å². The van der Waals surface area contributed by atoms with E-state index in [9.17, 15) is 25.1 Å². The van der Waals surface area contributed by atoms with Gasteiger partial charge in [-0.05, 0) is 6.07 Å². The Balaban J connectivity index is 3.12. The van der Waals surface area contributed by atoms with Crippen molar-refractivity contribution in [3.63, 3.8) is 0 Å². The van der Waals surface area contributed by atoms with Crippen LogP contribution in [-0.2, 0) is 4.79 Å². The molecule has 0 saturated carbocycles. The van der Waals surface area contributed by atoms with Crippen molar-refractivity contribution in [2.45, 2.75) is 12.2 Å². The van der Waals surface area contributed by atoms with Crippen molar-refractivity contribution in [1.82, 2.24) is 0 Å². The molecule has 0 radical (unpaired) electrons. The van der Waals surface area contributed by atoms with Gasteiger partial charge in [-0.15, -0.1) is 0 Å². The second-order valence-corrected chi connectivity index (χ2v) is 3.02. The maximum atomic E-state index is 10.6. The van der Waals surface area contributed by atoms with Gasteiger partial charge in [0.25, 0.3) is 5.69 Å². The van der Waals surface area contributed by atoms with Crippen molar-refractivity contribution >= 4 is 11.7 Å². The van der Waals surface area contributed by atoms with E-state index in [1.807, 2.05) is 0 Å². The number of benzene rings is 1. The number of carbonyl (C=O) groups is 1. The highest BCUT2D eigenvalue weighted by Gasteiger charge is 2.26. The molecule has 2 atom stereocenters. The lowest BCUT2D eigenvalue weighted by molar-refractivity contribution is -0.386. The smallest absolute Gasteiger partial charge is 0.275 e. The Morgan fingerprint density at radius 2 is 1.88 bits per heavy atom. The van der Waals surface area contributed by atoms with E-state index in [-0.39, 0.29) is 5.56 Å². The summed E-state index contributed by atoms with van der Waals surface area (Å²) in [7, 11) is 0. The number of aliphatic carboxylic acids is 1. The van der Waals surface area contributed by atoms with Crippen LogP contribution in [-0.4, -0.2) is 27.2 Å². The number of hydrogen-bond acceptors (Lipinski definition) is 6. The molecule has 1 aromatic rings. The molecular formula is C9H8NO6-. The Morgan fingerprint density at radius 3 is 2.38 bits per heavy atom. The molecule has 0 fully saturated rings. The minimum Gasteiger partial charge on any atom is -0.547 e. The predicted octanol–water partition coefficient (Wildman–Crippen LogP) is -1.26. The zero-order valence-corrected chi connectivity index (χ0v) is 7.94. The molecule has 0 aromatic heterocycles. The fourth-order valence-corrected chi connectivity index (χ4v) is 1.20. The first-order valence-electron chi connectivity index (χ1n) is 4.25. The molecule has 16 heavy (non-hydrogen) atoms. The highest BCUT2D eigenvalue weighted by Crippen LogP contribution is 2.26. The quantitative estimate of drug-likeness (QED) is 0.487. The Kier molecular flexibility index (Phi) is 3.54. The highest BCUT2D eigenvalue weighted by molar-refractivity contribution is 5.71. The van der Waals surface area contributed by atoms with Crippen LogP contribution in [0.15, 0.2) is 24.3 Å². The topological polar surface area (TPSA) is 124 Å². The third-order valence-corrected chi connectivity index (χ3v) is 1.99. The van der Waals surface area contributed by atoms with Crippen LogP contribution in [0.1, 0.15) is 11.7 Å². The van der Waals surface area contributed by atoms with Gasteiger partial charge < -0.3 is 20.1 Å². The molecule has 0 aliphatic heterocycles. The number of aliphatic hydroxyl groups is 2. The number of carbonyl (C=O) groups excluding carboxylic acids is 1. The normalized spacial score (nSPS) is 14.1. The van der Waals surface area contributed by atoms with Crippen LogP contribution < -0.4 is 5.11 Å². The molecule has 86 valence electrons. The standard InChI is InChI=1S/C9H9NO6/c11-7(8(12)9(13)14)5-3-1-2-4-6(5)10(15)16/h1-4,7-8,11-12H,(H,13,14)/p-1. The lowest BCUT2D eigenvalue weighted by Crippen LogP contribution is -2.39. The fraction of sp³-hybridized carbons (Fsp3) is 0.222. The third kappa shape index (κ3) is 2.33. The molecule has 2 N–H and O–H groups in total. The first kappa shape index (κ1) is 12.1. The van der Waals surface area contributed by atoms with E-state index < -0.39 is 28.8 Å². The van der Waals surface area contributed by atoms with Crippen LogP contribution >= 0.6 is 0 Å². The number of nitrogens with zero attached hydrogens (tertiary/aromatic N) is 1. The third-order valence-electron chi connectivity index (χ3n) is 1.99. The van der Waals surface area contributed by atoms with Gasteiger partial charge in [0.2, 0.25) is 0 Å². The van der Waals surface area contributed by atoms with E-state index in [1.165, 1.54) is 12.1 Å². The molecule has 0 bridgehead atoms. The van der Waals surface area contributed by atoms with E-state index >= 15 is 0 Å². The van der Waals surface area contributed by atoms with E-state index in [1.54, 1.807) is 0 Å². The maximum Gasteiger partial charge on any atom is 0.275 e. The summed E-state index contributed by atoms with van der Waals surface area (Å²) in [5, 5.41) is 39.3. The number of carboxylic acids is 1. The molecule has 1 rings (SSSR count). The average molecular weight is 226 g/mol.